The predicted molar refractivity (Wildman–Crippen MR) is 96.8 cm³/mol. The smallest absolute Gasteiger partial charge is 0.317 e. The molecule has 1 aliphatic rings. The average molecular weight is 340 g/mol. The normalized spacial score (nSPS) is 16.2. The fraction of sp³-hybridized carbons (Fsp3) is 0.421. The van der Waals surface area contributed by atoms with Gasteiger partial charge in [-0.3, -0.25) is 9.78 Å². The average Bonchev–Trinajstić information content (AvgIpc) is 2.57. The molecule has 0 unspecified atom stereocenters. The summed E-state index contributed by atoms with van der Waals surface area (Å²) >= 11 is 0. The topological polar surface area (TPSA) is 67.2 Å². The zero-order valence-corrected chi connectivity index (χ0v) is 15.0. The number of fused-ring (bicyclic) bond motifs is 1. The first-order chi connectivity index (χ1) is 11.9. The number of hydrogen-bond donors (Lipinski definition) is 1. The molecule has 0 radical (unpaired) electrons. The molecule has 3 rings (SSSR count). The second kappa shape index (κ2) is 7.09. The van der Waals surface area contributed by atoms with Crippen LogP contribution in [0.5, 0.6) is 0 Å². The summed E-state index contributed by atoms with van der Waals surface area (Å²) in [6.07, 6.45) is 2.35. The summed E-state index contributed by atoms with van der Waals surface area (Å²) in [5.41, 5.74) is 4.02. The molecule has 0 saturated heterocycles. The Hall–Kier alpha value is -2.63. The van der Waals surface area contributed by atoms with Crippen LogP contribution in [0.15, 0.2) is 35.1 Å². The molecule has 1 atom stereocenters. The summed E-state index contributed by atoms with van der Waals surface area (Å²) < 4.78 is 1.82. The van der Waals surface area contributed by atoms with E-state index in [1.54, 1.807) is 25.1 Å². The number of urea groups is 1. The Morgan fingerprint density at radius 1 is 1.32 bits per heavy atom. The van der Waals surface area contributed by atoms with Crippen molar-refractivity contribution >= 4 is 6.03 Å². The number of nitrogens with zero attached hydrogens (tertiary/aromatic N) is 3. The fourth-order valence-electron chi connectivity index (χ4n) is 3.27. The van der Waals surface area contributed by atoms with Gasteiger partial charge in [0.1, 0.15) is 0 Å². The van der Waals surface area contributed by atoms with E-state index in [9.17, 15) is 9.59 Å². The third kappa shape index (κ3) is 3.90. The molecule has 6 nitrogen and oxygen atoms in total. The van der Waals surface area contributed by atoms with Crippen molar-refractivity contribution in [1.82, 2.24) is 19.8 Å². The number of carbonyl (C=O) groups is 1. The van der Waals surface area contributed by atoms with Crippen LogP contribution in [0.25, 0.3) is 0 Å². The van der Waals surface area contributed by atoms with Crippen molar-refractivity contribution in [3.05, 3.63) is 63.3 Å². The van der Waals surface area contributed by atoms with E-state index in [2.05, 4.69) is 10.3 Å². The van der Waals surface area contributed by atoms with Crippen LogP contribution in [0.3, 0.4) is 0 Å². The molecule has 2 amide bonds. The van der Waals surface area contributed by atoms with Gasteiger partial charge in [0.15, 0.2) is 0 Å². The second-order valence-corrected chi connectivity index (χ2v) is 6.78. The first-order valence-corrected chi connectivity index (χ1v) is 8.56. The van der Waals surface area contributed by atoms with Gasteiger partial charge in [-0.25, -0.2) is 4.79 Å². The lowest BCUT2D eigenvalue weighted by molar-refractivity contribution is 0.211. The lowest BCUT2D eigenvalue weighted by Gasteiger charge is -2.28. The fourth-order valence-corrected chi connectivity index (χ4v) is 3.27. The van der Waals surface area contributed by atoms with E-state index >= 15 is 0 Å². The van der Waals surface area contributed by atoms with E-state index in [0.717, 1.165) is 41.9 Å². The Kier molecular flexibility index (Phi) is 4.88. The minimum absolute atomic E-state index is 0.00201. The van der Waals surface area contributed by atoms with E-state index in [1.807, 2.05) is 35.8 Å². The van der Waals surface area contributed by atoms with Crippen LogP contribution in [0.2, 0.25) is 0 Å². The molecule has 1 N–H and O–H groups in total. The maximum Gasteiger partial charge on any atom is 0.317 e. The third-order valence-corrected chi connectivity index (χ3v) is 4.59. The monoisotopic (exact) mass is 340 g/mol. The van der Waals surface area contributed by atoms with Gasteiger partial charge in [0.25, 0.3) is 5.56 Å². The van der Waals surface area contributed by atoms with Gasteiger partial charge in [-0.15, -0.1) is 0 Å². The molecule has 0 spiro atoms. The zero-order chi connectivity index (χ0) is 18.0. The number of aryl methyl sites for hydroxylation is 1. The number of rotatable bonds is 3. The maximum absolute atomic E-state index is 12.4. The summed E-state index contributed by atoms with van der Waals surface area (Å²) in [6.45, 7) is 2.43. The first-order valence-electron chi connectivity index (χ1n) is 8.56. The Morgan fingerprint density at radius 2 is 2.12 bits per heavy atom. The molecule has 1 aliphatic carbocycles. The summed E-state index contributed by atoms with van der Waals surface area (Å²) in [7, 11) is 3.47. The van der Waals surface area contributed by atoms with Crippen LogP contribution in [0.4, 0.5) is 4.79 Å². The largest absolute Gasteiger partial charge is 0.335 e. The molecule has 25 heavy (non-hydrogen) atoms. The van der Waals surface area contributed by atoms with E-state index < -0.39 is 0 Å². The van der Waals surface area contributed by atoms with Gasteiger partial charge in [-0.2, -0.15) is 0 Å². The van der Waals surface area contributed by atoms with Crippen molar-refractivity contribution < 1.29 is 4.79 Å². The van der Waals surface area contributed by atoms with Crippen LogP contribution >= 0.6 is 0 Å². The minimum atomic E-state index is -0.0780. The molecular weight excluding hydrogens is 316 g/mol. The van der Waals surface area contributed by atoms with E-state index in [4.69, 9.17) is 0 Å². The molecule has 0 aromatic carbocycles. The van der Waals surface area contributed by atoms with Crippen molar-refractivity contribution in [1.29, 1.82) is 0 Å². The summed E-state index contributed by atoms with van der Waals surface area (Å²) in [5.74, 6) is 0. The maximum atomic E-state index is 12.4. The molecule has 6 heteroatoms. The molecule has 2 aromatic rings. The molecule has 0 saturated carbocycles. The number of nitrogens with one attached hydrogen (secondary N) is 1. The lowest BCUT2D eigenvalue weighted by Crippen LogP contribution is -2.44. The lowest BCUT2D eigenvalue weighted by atomic mass is 9.91. The predicted octanol–water partition coefficient (Wildman–Crippen LogP) is 1.73. The molecule has 132 valence electrons. The van der Waals surface area contributed by atoms with Gasteiger partial charge in [0.05, 0.1) is 12.2 Å². The zero-order valence-electron chi connectivity index (χ0n) is 15.0. The van der Waals surface area contributed by atoms with Gasteiger partial charge < -0.3 is 14.8 Å². The highest BCUT2D eigenvalue weighted by Crippen LogP contribution is 2.21. The third-order valence-electron chi connectivity index (χ3n) is 4.59. The van der Waals surface area contributed by atoms with Gasteiger partial charge in [0, 0.05) is 37.6 Å². The van der Waals surface area contributed by atoms with Crippen LogP contribution < -0.4 is 10.9 Å². The Bertz CT molecular complexity index is 842. The van der Waals surface area contributed by atoms with Crippen molar-refractivity contribution in [3.8, 4) is 0 Å². The number of pyridine rings is 2. The second-order valence-electron chi connectivity index (χ2n) is 6.78. The molecule has 0 aliphatic heterocycles. The van der Waals surface area contributed by atoms with Gasteiger partial charge in [-0.05, 0) is 43.9 Å². The first kappa shape index (κ1) is 17.2. The molecular formula is C19H24N4O2. The number of hydrogen-bond acceptors (Lipinski definition) is 3. The highest BCUT2D eigenvalue weighted by Gasteiger charge is 2.23. The van der Waals surface area contributed by atoms with Crippen molar-refractivity contribution in [2.45, 2.75) is 38.8 Å². The van der Waals surface area contributed by atoms with Crippen LogP contribution in [-0.4, -0.2) is 40.6 Å². The number of amides is 2. The summed E-state index contributed by atoms with van der Waals surface area (Å²) in [4.78, 5) is 30.3. The highest BCUT2D eigenvalue weighted by atomic mass is 16.2. The Morgan fingerprint density at radius 3 is 2.84 bits per heavy atom. The Labute approximate surface area is 147 Å². The molecule has 2 heterocycles. The molecule has 0 bridgehead atoms. The SMILES string of the molecule is Cc1cccc(Cn2c3c(ccc2=O)C[C@@H](NC(=O)N(C)C)CC3)n1. The summed E-state index contributed by atoms with van der Waals surface area (Å²) in [6, 6.07) is 9.39. The van der Waals surface area contributed by atoms with Gasteiger partial charge in [-0.1, -0.05) is 12.1 Å². The van der Waals surface area contributed by atoms with Crippen LogP contribution in [-0.2, 0) is 19.4 Å². The van der Waals surface area contributed by atoms with Crippen molar-refractivity contribution in [2.75, 3.05) is 14.1 Å². The van der Waals surface area contributed by atoms with E-state index in [0.29, 0.717) is 6.54 Å². The quantitative estimate of drug-likeness (QED) is 0.925. The van der Waals surface area contributed by atoms with E-state index in [-0.39, 0.29) is 17.6 Å². The number of aromatic nitrogens is 2. The Balaban J connectivity index is 1.84. The number of carbonyl (C=O) groups excluding carboxylic acids is 1. The van der Waals surface area contributed by atoms with Gasteiger partial charge >= 0.3 is 6.03 Å². The van der Waals surface area contributed by atoms with Crippen LogP contribution in [0.1, 0.15) is 29.1 Å². The van der Waals surface area contributed by atoms with Crippen LogP contribution in [0, 0.1) is 6.92 Å². The van der Waals surface area contributed by atoms with Crippen molar-refractivity contribution in [2.24, 2.45) is 0 Å². The highest BCUT2D eigenvalue weighted by molar-refractivity contribution is 5.73. The summed E-state index contributed by atoms with van der Waals surface area (Å²) in [5, 5.41) is 3.04. The van der Waals surface area contributed by atoms with Gasteiger partial charge in [0.2, 0.25) is 0 Å². The molecule has 2 aromatic heterocycles. The minimum Gasteiger partial charge on any atom is -0.335 e. The molecule has 0 fully saturated rings. The van der Waals surface area contributed by atoms with E-state index in [1.165, 1.54) is 0 Å². The standard InChI is InChI=1S/C19H24N4O2/c1-13-5-4-6-16(20-13)12-23-17-9-8-15(21-19(25)22(2)3)11-14(17)7-10-18(23)24/h4-7,10,15H,8-9,11-12H2,1-3H3,(H,21,25)/t15-/m0/s1. The van der Waals surface area contributed by atoms with Crippen molar-refractivity contribution in [3.63, 3.8) is 0 Å².